The van der Waals surface area contributed by atoms with Crippen molar-refractivity contribution >= 4 is 5.91 Å². The summed E-state index contributed by atoms with van der Waals surface area (Å²) in [6.45, 7) is 2.76. The molecule has 1 fully saturated rings. The van der Waals surface area contributed by atoms with Gasteiger partial charge in [-0.3, -0.25) is 4.79 Å². The molecule has 0 spiro atoms. The molecule has 31 heavy (non-hydrogen) atoms. The van der Waals surface area contributed by atoms with Gasteiger partial charge in [0.15, 0.2) is 5.82 Å². The Bertz CT molecular complexity index is 1080. The van der Waals surface area contributed by atoms with Crippen molar-refractivity contribution in [3.8, 4) is 17.2 Å². The van der Waals surface area contributed by atoms with Gasteiger partial charge < -0.3 is 14.2 Å². The van der Waals surface area contributed by atoms with Crippen LogP contribution in [0.15, 0.2) is 53.1 Å². The van der Waals surface area contributed by atoms with Gasteiger partial charge in [0.2, 0.25) is 5.91 Å². The Morgan fingerprint density at radius 2 is 2.00 bits per heavy atom. The van der Waals surface area contributed by atoms with Gasteiger partial charge in [-0.1, -0.05) is 29.4 Å². The Morgan fingerprint density at radius 3 is 2.77 bits per heavy atom. The standard InChI is InChI=1S/C22H20F3N3O3/c1-2-30-18-9-4-3-8-17(18)21-26-20(27-31-21)15-11-19(29)28(13-15)12-14-6-5-7-16(10-14)22(23,24)25/h3-10,15H,2,11-13H2,1H3. The summed E-state index contributed by atoms with van der Waals surface area (Å²) in [4.78, 5) is 18.4. The lowest BCUT2D eigenvalue weighted by atomic mass is 10.1. The van der Waals surface area contributed by atoms with Crippen molar-refractivity contribution in [2.45, 2.75) is 32.0 Å². The van der Waals surface area contributed by atoms with Crippen molar-refractivity contribution in [3.63, 3.8) is 0 Å². The number of hydrogen-bond acceptors (Lipinski definition) is 5. The van der Waals surface area contributed by atoms with Crippen LogP contribution in [-0.4, -0.2) is 34.1 Å². The molecule has 1 aliphatic heterocycles. The van der Waals surface area contributed by atoms with Gasteiger partial charge in [-0.25, -0.2) is 0 Å². The number of rotatable bonds is 6. The predicted octanol–water partition coefficient (Wildman–Crippen LogP) is 4.67. The zero-order valence-corrected chi connectivity index (χ0v) is 16.7. The summed E-state index contributed by atoms with van der Waals surface area (Å²) in [6, 6.07) is 12.3. The topological polar surface area (TPSA) is 68.5 Å². The van der Waals surface area contributed by atoms with Crippen LogP contribution in [-0.2, 0) is 17.5 Å². The molecule has 1 unspecified atom stereocenters. The molecule has 9 heteroatoms. The van der Waals surface area contributed by atoms with Gasteiger partial charge in [0.05, 0.1) is 17.7 Å². The lowest BCUT2D eigenvalue weighted by Crippen LogP contribution is -2.24. The molecule has 1 saturated heterocycles. The molecule has 162 valence electrons. The summed E-state index contributed by atoms with van der Waals surface area (Å²) in [5.74, 6) is 0.844. The summed E-state index contributed by atoms with van der Waals surface area (Å²) in [6.07, 6.45) is -4.25. The van der Waals surface area contributed by atoms with E-state index in [0.717, 1.165) is 12.1 Å². The fourth-order valence-electron chi connectivity index (χ4n) is 3.60. The third-order valence-corrected chi connectivity index (χ3v) is 5.07. The molecule has 6 nitrogen and oxygen atoms in total. The second-order valence-electron chi connectivity index (χ2n) is 7.26. The first-order valence-electron chi connectivity index (χ1n) is 9.85. The number of nitrogens with zero attached hydrogens (tertiary/aromatic N) is 3. The zero-order valence-electron chi connectivity index (χ0n) is 16.7. The van der Waals surface area contributed by atoms with Crippen LogP contribution in [0.5, 0.6) is 5.75 Å². The van der Waals surface area contributed by atoms with Crippen LogP contribution in [0.3, 0.4) is 0 Å². The van der Waals surface area contributed by atoms with E-state index in [1.54, 1.807) is 12.1 Å². The normalized spacial score (nSPS) is 16.7. The van der Waals surface area contributed by atoms with Gasteiger partial charge in [-0.2, -0.15) is 18.2 Å². The smallest absolute Gasteiger partial charge is 0.416 e. The van der Waals surface area contributed by atoms with E-state index >= 15 is 0 Å². The number of aromatic nitrogens is 2. The molecule has 0 aliphatic carbocycles. The van der Waals surface area contributed by atoms with Crippen LogP contribution in [0, 0.1) is 0 Å². The van der Waals surface area contributed by atoms with Gasteiger partial charge in [-0.15, -0.1) is 0 Å². The maximum atomic E-state index is 12.9. The lowest BCUT2D eigenvalue weighted by molar-refractivity contribution is -0.137. The molecular weight excluding hydrogens is 411 g/mol. The third-order valence-electron chi connectivity index (χ3n) is 5.07. The molecule has 1 aromatic heterocycles. The Morgan fingerprint density at radius 1 is 1.19 bits per heavy atom. The number of benzene rings is 2. The first-order valence-corrected chi connectivity index (χ1v) is 9.85. The van der Waals surface area contributed by atoms with Crippen molar-refractivity contribution in [2.24, 2.45) is 0 Å². The number of ether oxygens (including phenoxy) is 1. The van der Waals surface area contributed by atoms with Gasteiger partial charge >= 0.3 is 6.18 Å². The molecule has 0 bridgehead atoms. The molecule has 3 aromatic rings. The van der Waals surface area contributed by atoms with Crippen molar-refractivity contribution in [1.29, 1.82) is 0 Å². The fourth-order valence-corrected chi connectivity index (χ4v) is 3.60. The number of amides is 1. The molecule has 1 amide bonds. The lowest BCUT2D eigenvalue weighted by Gasteiger charge is -2.17. The molecule has 0 saturated carbocycles. The monoisotopic (exact) mass is 431 g/mol. The molecule has 1 atom stereocenters. The van der Waals surface area contributed by atoms with Crippen molar-refractivity contribution in [1.82, 2.24) is 15.0 Å². The minimum Gasteiger partial charge on any atom is -0.493 e. The average Bonchev–Trinajstić information content (AvgIpc) is 3.36. The number of halogens is 3. The van der Waals surface area contributed by atoms with Crippen molar-refractivity contribution in [3.05, 3.63) is 65.5 Å². The van der Waals surface area contributed by atoms with E-state index in [1.807, 2.05) is 25.1 Å². The highest BCUT2D eigenvalue weighted by Crippen LogP contribution is 2.33. The van der Waals surface area contributed by atoms with Crippen LogP contribution in [0.4, 0.5) is 13.2 Å². The molecule has 0 N–H and O–H groups in total. The van der Waals surface area contributed by atoms with Crippen molar-refractivity contribution in [2.75, 3.05) is 13.2 Å². The number of alkyl halides is 3. The van der Waals surface area contributed by atoms with E-state index < -0.39 is 11.7 Å². The average molecular weight is 431 g/mol. The molecule has 2 aromatic carbocycles. The van der Waals surface area contributed by atoms with Crippen LogP contribution < -0.4 is 4.74 Å². The molecule has 1 aliphatic rings. The predicted molar refractivity (Wildman–Crippen MR) is 105 cm³/mol. The Kier molecular flexibility index (Phi) is 5.67. The van der Waals surface area contributed by atoms with Crippen LogP contribution in [0.1, 0.15) is 36.2 Å². The minimum atomic E-state index is -4.42. The maximum absolute atomic E-state index is 12.9. The maximum Gasteiger partial charge on any atom is 0.416 e. The second-order valence-corrected chi connectivity index (χ2v) is 7.26. The zero-order chi connectivity index (χ0) is 22.0. The summed E-state index contributed by atoms with van der Waals surface area (Å²) in [5, 5.41) is 4.03. The number of para-hydroxylation sites is 1. The van der Waals surface area contributed by atoms with Crippen LogP contribution in [0.2, 0.25) is 0 Å². The molecule has 2 heterocycles. The fraction of sp³-hybridized carbons (Fsp3) is 0.318. The van der Waals surface area contributed by atoms with E-state index in [2.05, 4.69) is 10.1 Å². The number of likely N-dealkylation sites (tertiary alicyclic amines) is 1. The number of carbonyl (C=O) groups is 1. The van der Waals surface area contributed by atoms with E-state index in [4.69, 9.17) is 9.26 Å². The first kappa shape index (κ1) is 20.9. The highest BCUT2D eigenvalue weighted by atomic mass is 19.4. The Hall–Kier alpha value is -3.36. The van der Waals surface area contributed by atoms with Crippen LogP contribution >= 0.6 is 0 Å². The quantitative estimate of drug-likeness (QED) is 0.567. The molecule has 4 rings (SSSR count). The minimum absolute atomic E-state index is 0.0944. The van der Waals surface area contributed by atoms with Crippen molar-refractivity contribution < 1.29 is 27.2 Å². The second kappa shape index (κ2) is 8.41. The van der Waals surface area contributed by atoms with Gasteiger partial charge in [0.1, 0.15) is 5.75 Å². The summed E-state index contributed by atoms with van der Waals surface area (Å²) in [7, 11) is 0. The summed E-state index contributed by atoms with van der Waals surface area (Å²) in [5.41, 5.74) is 0.348. The van der Waals surface area contributed by atoms with E-state index in [1.165, 1.54) is 11.0 Å². The third kappa shape index (κ3) is 4.55. The number of carbonyl (C=O) groups excluding carboxylic acids is 1. The van der Waals surface area contributed by atoms with E-state index in [0.29, 0.717) is 41.7 Å². The SMILES string of the molecule is CCOc1ccccc1-c1nc(C2CC(=O)N(Cc3cccc(C(F)(F)F)c3)C2)no1. The Labute approximate surface area is 176 Å². The van der Waals surface area contributed by atoms with E-state index in [9.17, 15) is 18.0 Å². The van der Waals surface area contributed by atoms with Gasteiger partial charge in [0, 0.05) is 25.4 Å². The van der Waals surface area contributed by atoms with Crippen LogP contribution in [0.25, 0.3) is 11.5 Å². The highest BCUT2D eigenvalue weighted by molar-refractivity contribution is 5.79. The van der Waals surface area contributed by atoms with E-state index in [-0.39, 0.29) is 24.8 Å². The Balaban J connectivity index is 1.48. The number of hydrogen-bond donors (Lipinski definition) is 0. The highest BCUT2D eigenvalue weighted by Gasteiger charge is 2.35. The largest absolute Gasteiger partial charge is 0.493 e. The summed E-state index contributed by atoms with van der Waals surface area (Å²) >= 11 is 0. The molecule has 0 radical (unpaired) electrons. The molecular formula is C22H20F3N3O3. The summed E-state index contributed by atoms with van der Waals surface area (Å²) < 4.78 is 49.8. The van der Waals surface area contributed by atoms with Gasteiger partial charge in [-0.05, 0) is 36.8 Å². The van der Waals surface area contributed by atoms with Gasteiger partial charge in [0.25, 0.3) is 5.89 Å². The first-order chi connectivity index (χ1) is 14.8.